The number of rotatable bonds is 4. The number of amides is 1. The zero-order valence-electron chi connectivity index (χ0n) is 20.6. The summed E-state index contributed by atoms with van der Waals surface area (Å²) in [5.74, 6) is -0.513. The molecule has 188 valence electrons. The van der Waals surface area contributed by atoms with Crippen LogP contribution in [0.25, 0.3) is 33.6 Å². The Hall–Kier alpha value is -5.32. The van der Waals surface area contributed by atoms with Crippen molar-refractivity contribution in [3.8, 4) is 11.6 Å². The second-order valence-corrected chi connectivity index (χ2v) is 8.96. The van der Waals surface area contributed by atoms with E-state index in [0.29, 0.717) is 27.7 Å². The Morgan fingerprint density at radius 3 is 2.58 bits per heavy atom. The Morgan fingerprint density at radius 1 is 0.947 bits per heavy atom. The highest BCUT2D eigenvalue weighted by atomic mass is 16.3. The van der Waals surface area contributed by atoms with E-state index in [1.165, 1.54) is 10.9 Å². The molecule has 6 aromatic rings. The molecule has 0 aliphatic carbocycles. The van der Waals surface area contributed by atoms with Crippen LogP contribution in [0.5, 0.6) is 0 Å². The number of nitrogens with one attached hydrogen (secondary N) is 2. The summed E-state index contributed by atoms with van der Waals surface area (Å²) >= 11 is 0. The molecule has 6 rings (SSSR count). The third kappa shape index (κ3) is 3.86. The van der Waals surface area contributed by atoms with E-state index in [9.17, 15) is 14.4 Å². The lowest BCUT2D eigenvalue weighted by molar-refractivity contribution is 0.0996. The monoisotopic (exact) mass is 507 g/mol. The van der Waals surface area contributed by atoms with Crippen molar-refractivity contribution >= 4 is 33.7 Å². The molecule has 2 aromatic carbocycles. The van der Waals surface area contributed by atoms with E-state index in [2.05, 4.69) is 25.5 Å². The zero-order chi connectivity index (χ0) is 26.6. The van der Waals surface area contributed by atoms with E-state index >= 15 is 0 Å². The normalized spacial score (nSPS) is 11.3. The molecule has 0 radical (unpaired) electrons. The highest BCUT2D eigenvalue weighted by Gasteiger charge is 2.19. The van der Waals surface area contributed by atoms with Crippen LogP contribution in [0.15, 0.2) is 74.8 Å². The van der Waals surface area contributed by atoms with Crippen LogP contribution in [0.1, 0.15) is 27.4 Å². The maximum atomic E-state index is 13.0. The van der Waals surface area contributed by atoms with Gasteiger partial charge in [0.05, 0.1) is 23.0 Å². The maximum absolute atomic E-state index is 13.0. The SMILES string of the molecule is Cc1cc(NC(=O)c2cc(=O)c3ccccc3o2)n(-c2nc3c(cnn3-c3ccc(C)c(C)c3)c(=O)[nH]2)n1. The molecule has 0 saturated heterocycles. The van der Waals surface area contributed by atoms with Crippen molar-refractivity contribution in [1.82, 2.24) is 29.5 Å². The number of fused-ring (bicyclic) bond motifs is 2. The lowest BCUT2D eigenvalue weighted by atomic mass is 10.1. The summed E-state index contributed by atoms with van der Waals surface area (Å²) in [5.41, 5.74) is 3.40. The number of aromatic amines is 1. The second kappa shape index (κ2) is 8.66. The molecule has 38 heavy (non-hydrogen) atoms. The van der Waals surface area contributed by atoms with E-state index in [4.69, 9.17) is 4.42 Å². The molecule has 0 unspecified atom stereocenters. The number of carbonyl (C=O) groups excluding carboxylic acids is 1. The first-order valence-electron chi connectivity index (χ1n) is 11.8. The molecule has 2 N–H and O–H groups in total. The van der Waals surface area contributed by atoms with Crippen molar-refractivity contribution in [3.63, 3.8) is 0 Å². The Morgan fingerprint density at radius 2 is 1.76 bits per heavy atom. The Bertz CT molecular complexity index is 2010. The summed E-state index contributed by atoms with van der Waals surface area (Å²) in [5, 5.41) is 12.2. The number of nitrogens with zero attached hydrogens (tertiary/aromatic N) is 5. The molecule has 11 heteroatoms. The van der Waals surface area contributed by atoms with Gasteiger partial charge in [0.15, 0.2) is 16.8 Å². The van der Waals surface area contributed by atoms with Crippen molar-refractivity contribution in [3.05, 3.63) is 104 Å². The minimum absolute atomic E-state index is 0.0800. The molecule has 4 heterocycles. The van der Waals surface area contributed by atoms with E-state index < -0.39 is 11.5 Å². The Balaban J connectivity index is 1.42. The van der Waals surface area contributed by atoms with Gasteiger partial charge in [0, 0.05) is 12.1 Å². The molecule has 1 amide bonds. The topological polar surface area (TPSA) is 141 Å². The summed E-state index contributed by atoms with van der Waals surface area (Å²) in [7, 11) is 0. The van der Waals surface area contributed by atoms with Crippen LogP contribution in [0, 0.1) is 20.8 Å². The fraction of sp³-hybridized carbons (Fsp3) is 0.111. The number of carbonyl (C=O) groups is 1. The van der Waals surface area contributed by atoms with Gasteiger partial charge in [0.1, 0.15) is 16.8 Å². The summed E-state index contributed by atoms with van der Waals surface area (Å²) < 4.78 is 8.54. The van der Waals surface area contributed by atoms with Crippen molar-refractivity contribution in [2.75, 3.05) is 5.32 Å². The van der Waals surface area contributed by atoms with Gasteiger partial charge in [-0.05, 0) is 56.2 Å². The maximum Gasteiger partial charge on any atom is 0.292 e. The van der Waals surface area contributed by atoms with Gasteiger partial charge in [-0.2, -0.15) is 19.9 Å². The summed E-state index contributed by atoms with van der Waals surface area (Å²) in [6.45, 7) is 5.74. The molecule has 0 aliphatic heterocycles. The van der Waals surface area contributed by atoms with Gasteiger partial charge < -0.3 is 9.73 Å². The van der Waals surface area contributed by atoms with Crippen LogP contribution >= 0.6 is 0 Å². The third-order valence-electron chi connectivity index (χ3n) is 6.29. The van der Waals surface area contributed by atoms with Gasteiger partial charge >= 0.3 is 0 Å². The van der Waals surface area contributed by atoms with Gasteiger partial charge in [0.25, 0.3) is 11.5 Å². The Kier molecular flexibility index (Phi) is 5.26. The van der Waals surface area contributed by atoms with Crippen molar-refractivity contribution in [2.24, 2.45) is 0 Å². The van der Waals surface area contributed by atoms with Crippen LogP contribution in [-0.4, -0.2) is 35.4 Å². The quantitative estimate of drug-likeness (QED) is 0.372. The predicted octanol–water partition coefficient (Wildman–Crippen LogP) is 3.58. The zero-order valence-corrected chi connectivity index (χ0v) is 20.6. The number of para-hydroxylation sites is 1. The number of hydrogen-bond acceptors (Lipinski definition) is 7. The fourth-order valence-electron chi connectivity index (χ4n) is 4.20. The molecular formula is C27H21N7O4. The van der Waals surface area contributed by atoms with E-state index in [1.54, 1.807) is 41.9 Å². The average Bonchev–Trinajstić information content (AvgIpc) is 3.49. The van der Waals surface area contributed by atoms with Gasteiger partial charge in [-0.25, -0.2) is 4.68 Å². The molecular weight excluding hydrogens is 486 g/mol. The lowest BCUT2D eigenvalue weighted by Crippen LogP contribution is -2.20. The van der Waals surface area contributed by atoms with E-state index in [0.717, 1.165) is 22.9 Å². The highest BCUT2D eigenvalue weighted by molar-refractivity contribution is 6.02. The van der Waals surface area contributed by atoms with Crippen LogP contribution in [0.4, 0.5) is 5.82 Å². The van der Waals surface area contributed by atoms with Crippen LogP contribution in [0.2, 0.25) is 0 Å². The van der Waals surface area contributed by atoms with Crippen molar-refractivity contribution in [1.29, 1.82) is 0 Å². The van der Waals surface area contributed by atoms with E-state index in [1.807, 2.05) is 32.0 Å². The largest absolute Gasteiger partial charge is 0.451 e. The number of H-pyrrole nitrogens is 1. The number of hydrogen-bond donors (Lipinski definition) is 2. The lowest BCUT2D eigenvalue weighted by Gasteiger charge is -2.09. The molecule has 0 aliphatic rings. The molecule has 0 atom stereocenters. The highest BCUT2D eigenvalue weighted by Crippen LogP contribution is 2.20. The average molecular weight is 508 g/mol. The van der Waals surface area contributed by atoms with Gasteiger partial charge in [-0.15, -0.1) is 0 Å². The number of aryl methyl sites for hydroxylation is 3. The minimum Gasteiger partial charge on any atom is -0.451 e. The molecule has 4 aromatic heterocycles. The number of benzene rings is 2. The molecule has 0 bridgehead atoms. The number of aromatic nitrogens is 6. The first-order chi connectivity index (χ1) is 18.3. The molecule has 0 fully saturated rings. The van der Waals surface area contributed by atoms with Gasteiger partial charge in [0.2, 0.25) is 5.95 Å². The van der Waals surface area contributed by atoms with Crippen LogP contribution in [-0.2, 0) is 0 Å². The predicted molar refractivity (Wildman–Crippen MR) is 141 cm³/mol. The van der Waals surface area contributed by atoms with Crippen molar-refractivity contribution in [2.45, 2.75) is 20.8 Å². The van der Waals surface area contributed by atoms with Crippen LogP contribution < -0.4 is 16.3 Å². The van der Waals surface area contributed by atoms with E-state index in [-0.39, 0.29) is 23.0 Å². The smallest absolute Gasteiger partial charge is 0.292 e. The number of anilines is 1. The first kappa shape index (κ1) is 23.1. The standard InChI is InChI=1S/C27H21N7O4/c1-14-8-9-17(10-15(14)2)33-24-19(13-28-33)25(36)31-27(30-24)34-23(11-16(3)32-34)29-26(37)22-12-20(35)18-6-4-5-7-21(18)38-22/h4-13H,1-3H3,(H,29,37)(H,30,31,36). The van der Waals surface area contributed by atoms with Crippen LogP contribution in [0.3, 0.4) is 0 Å². The second-order valence-electron chi connectivity index (χ2n) is 8.96. The summed E-state index contributed by atoms with van der Waals surface area (Å²) in [4.78, 5) is 45.8. The first-order valence-corrected chi connectivity index (χ1v) is 11.8. The van der Waals surface area contributed by atoms with Gasteiger partial charge in [-0.3, -0.25) is 19.4 Å². The summed E-state index contributed by atoms with van der Waals surface area (Å²) in [6.07, 6.45) is 1.46. The molecule has 0 spiro atoms. The minimum atomic E-state index is -0.655. The van der Waals surface area contributed by atoms with Gasteiger partial charge in [-0.1, -0.05) is 18.2 Å². The fourth-order valence-corrected chi connectivity index (χ4v) is 4.20. The van der Waals surface area contributed by atoms with Crippen molar-refractivity contribution < 1.29 is 9.21 Å². The molecule has 11 nitrogen and oxygen atoms in total. The molecule has 0 saturated carbocycles. The third-order valence-corrected chi connectivity index (χ3v) is 6.29. The summed E-state index contributed by atoms with van der Waals surface area (Å²) in [6, 6.07) is 15.3. The Labute approximate surface area is 214 Å².